The van der Waals surface area contributed by atoms with E-state index >= 15 is 0 Å². The zero-order valence-corrected chi connectivity index (χ0v) is 15.0. The number of thiazole rings is 1. The number of benzene rings is 2. The summed E-state index contributed by atoms with van der Waals surface area (Å²) >= 11 is 1.66. The van der Waals surface area contributed by atoms with Gasteiger partial charge in [-0.15, -0.1) is 0 Å². The van der Waals surface area contributed by atoms with Crippen molar-refractivity contribution in [3.63, 3.8) is 0 Å². The summed E-state index contributed by atoms with van der Waals surface area (Å²) in [6, 6.07) is 12.0. The molecule has 0 fully saturated rings. The predicted octanol–water partition coefficient (Wildman–Crippen LogP) is 4.40. The highest BCUT2D eigenvalue weighted by Crippen LogP contribution is 2.40. The standard InChI is InChI=1S/C20H16N2O3S/c1-23-14-4-5-15-13(9-14)3-7-18-19(15)22-20(26-18)21-10-12-2-6-16-17(8-12)25-11-24-16/h2,4-6,8-10H,3,7,11H2,1H3. The molecule has 0 saturated carbocycles. The summed E-state index contributed by atoms with van der Waals surface area (Å²) in [6.45, 7) is 0.277. The molecule has 0 saturated heterocycles. The smallest absolute Gasteiger partial charge is 0.231 e. The number of rotatable bonds is 3. The van der Waals surface area contributed by atoms with E-state index in [2.05, 4.69) is 17.1 Å². The molecule has 0 N–H and O–H groups in total. The quantitative estimate of drug-likeness (QED) is 0.647. The van der Waals surface area contributed by atoms with E-state index in [4.69, 9.17) is 19.2 Å². The third kappa shape index (κ3) is 2.63. The van der Waals surface area contributed by atoms with Crippen LogP contribution in [0, 0.1) is 0 Å². The maximum Gasteiger partial charge on any atom is 0.231 e. The molecule has 0 amide bonds. The van der Waals surface area contributed by atoms with Crippen molar-refractivity contribution in [2.45, 2.75) is 12.8 Å². The number of methoxy groups -OCH3 is 1. The van der Waals surface area contributed by atoms with Crippen LogP contribution in [0.3, 0.4) is 0 Å². The average Bonchev–Trinajstić information content (AvgIpc) is 3.31. The summed E-state index contributed by atoms with van der Waals surface area (Å²) in [5.41, 5.74) is 4.49. The Labute approximate surface area is 154 Å². The SMILES string of the molecule is COc1ccc2c(c1)CCc1sc(N=Cc3ccc4c(c3)OCO4)nc1-2. The van der Waals surface area contributed by atoms with Crippen LogP contribution < -0.4 is 14.2 Å². The van der Waals surface area contributed by atoms with Crippen LogP contribution in [0.2, 0.25) is 0 Å². The topological polar surface area (TPSA) is 52.9 Å². The molecule has 1 aliphatic heterocycles. The Kier molecular flexibility index (Phi) is 3.64. The first kappa shape index (κ1) is 15.4. The van der Waals surface area contributed by atoms with E-state index in [0.717, 1.165) is 46.5 Å². The molecule has 3 aromatic rings. The third-order valence-corrected chi connectivity index (χ3v) is 5.62. The summed E-state index contributed by atoms with van der Waals surface area (Å²) in [7, 11) is 1.70. The van der Waals surface area contributed by atoms with E-state index in [1.165, 1.54) is 16.0 Å². The van der Waals surface area contributed by atoms with Gasteiger partial charge in [-0.1, -0.05) is 11.3 Å². The molecule has 0 unspecified atom stereocenters. The van der Waals surface area contributed by atoms with Gasteiger partial charge in [-0.3, -0.25) is 0 Å². The van der Waals surface area contributed by atoms with Crippen molar-refractivity contribution < 1.29 is 14.2 Å². The minimum absolute atomic E-state index is 0.277. The van der Waals surface area contributed by atoms with Gasteiger partial charge in [0.1, 0.15) is 5.75 Å². The molecule has 0 spiro atoms. The van der Waals surface area contributed by atoms with Crippen LogP contribution in [0.1, 0.15) is 16.0 Å². The Morgan fingerprint density at radius 1 is 1.12 bits per heavy atom. The Balaban J connectivity index is 1.44. The molecule has 130 valence electrons. The Morgan fingerprint density at radius 3 is 2.96 bits per heavy atom. The minimum atomic E-state index is 0.277. The van der Waals surface area contributed by atoms with Gasteiger partial charge in [0.05, 0.1) is 12.8 Å². The van der Waals surface area contributed by atoms with Crippen molar-refractivity contribution in [1.29, 1.82) is 0 Å². The van der Waals surface area contributed by atoms with Crippen LogP contribution in [0.4, 0.5) is 5.13 Å². The Morgan fingerprint density at radius 2 is 2.04 bits per heavy atom. The van der Waals surface area contributed by atoms with Crippen molar-refractivity contribution in [1.82, 2.24) is 4.98 Å². The Bertz CT molecular complexity index is 1030. The zero-order valence-electron chi connectivity index (χ0n) is 14.2. The first-order chi connectivity index (χ1) is 12.8. The van der Waals surface area contributed by atoms with Crippen LogP contribution in [0.25, 0.3) is 11.3 Å². The summed E-state index contributed by atoms with van der Waals surface area (Å²) < 4.78 is 16.1. The van der Waals surface area contributed by atoms with E-state index in [1.807, 2.05) is 30.5 Å². The highest BCUT2D eigenvalue weighted by Gasteiger charge is 2.21. The third-order valence-electron chi connectivity index (χ3n) is 4.60. The van der Waals surface area contributed by atoms with Gasteiger partial charge in [-0.25, -0.2) is 9.98 Å². The number of aryl methyl sites for hydroxylation is 2. The van der Waals surface area contributed by atoms with Crippen molar-refractivity contribution in [3.05, 3.63) is 52.4 Å². The second-order valence-electron chi connectivity index (χ2n) is 6.16. The fraction of sp³-hybridized carbons (Fsp3) is 0.200. The van der Waals surface area contributed by atoms with Gasteiger partial charge in [0, 0.05) is 16.7 Å². The summed E-state index contributed by atoms with van der Waals surface area (Å²) in [5.74, 6) is 2.43. The molecule has 2 heterocycles. The van der Waals surface area contributed by atoms with Crippen molar-refractivity contribution >= 4 is 22.7 Å². The van der Waals surface area contributed by atoms with E-state index in [1.54, 1.807) is 18.4 Å². The molecule has 6 heteroatoms. The van der Waals surface area contributed by atoms with Gasteiger partial charge in [-0.05, 0) is 60.4 Å². The fourth-order valence-electron chi connectivity index (χ4n) is 3.28. The van der Waals surface area contributed by atoms with Crippen LogP contribution in [-0.4, -0.2) is 25.1 Å². The molecular weight excluding hydrogens is 348 g/mol. The molecule has 2 aliphatic rings. The zero-order chi connectivity index (χ0) is 17.5. The van der Waals surface area contributed by atoms with Gasteiger partial charge in [0.15, 0.2) is 11.5 Å². The van der Waals surface area contributed by atoms with Crippen LogP contribution in [-0.2, 0) is 12.8 Å². The van der Waals surface area contributed by atoms with Gasteiger partial charge >= 0.3 is 0 Å². The maximum atomic E-state index is 5.41. The number of fused-ring (bicyclic) bond motifs is 4. The predicted molar refractivity (Wildman–Crippen MR) is 101 cm³/mol. The number of nitrogens with zero attached hydrogens (tertiary/aromatic N) is 2. The van der Waals surface area contributed by atoms with E-state index in [-0.39, 0.29) is 6.79 Å². The number of hydrogen-bond donors (Lipinski definition) is 0. The number of hydrogen-bond acceptors (Lipinski definition) is 6. The molecule has 1 aliphatic carbocycles. The van der Waals surface area contributed by atoms with Crippen LogP contribution in [0.15, 0.2) is 41.4 Å². The lowest BCUT2D eigenvalue weighted by molar-refractivity contribution is 0.174. The maximum absolute atomic E-state index is 5.41. The second kappa shape index (κ2) is 6.14. The first-order valence-electron chi connectivity index (χ1n) is 8.41. The lowest BCUT2D eigenvalue weighted by Gasteiger charge is -2.15. The van der Waals surface area contributed by atoms with Crippen molar-refractivity contribution in [3.8, 4) is 28.5 Å². The number of aliphatic imine (C=N–C) groups is 1. The fourth-order valence-corrected chi connectivity index (χ4v) is 4.20. The number of aromatic nitrogens is 1. The largest absolute Gasteiger partial charge is 0.497 e. The Hall–Kier alpha value is -2.86. The van der Waals surface area contributed by atoms with Crippen molar-refractivity contribution in [2.75, 3.05) is 13.9 Å². The van der Waals surface area contributed by atoms with E-state index < -0.39 is 0 Å². The van der Waals surface area contributed by atoms with E-state index in [9.17, 15) is 0 Å². The molecule has 0 bridgehead atoms. The molecule has 2 aromatic carbocycles. The van der Waals surface area contributed by atoms with Gasteiger partial charge < -0.3 is 14.2 Å². The molecule has 0 atom stereocenters. The highest BCUT2D eigenvalue weighted by molar-refractivity contribution is 7.15. The average molecular weight is 364 g/mol. The number of ether oxygens (including phenoxy) is 3. The lowest BCUT2D eigenvalue weighted by Crippen LogP contribution is -2.02. The summed E-state index contributed by atoms with van der Waals surface area (Å²) in [5, 5.41) is 0.774. The molecule has 5 rings (SSSR count). The minimum Gasteiger partial charge on any atom is -0.497 e. The lowest BCUT2D eigenvalue weighted by atomic mass is 9.93. The molecule has 26 heavy (non-hydrogen) atoms. The highest BCUT2D eigenvalue weighted by atomic mass is 32.1. The normalized spacial score (nSPS) is 14.3. The molecule has 5 nitrogen and oxygen atoms in total. The van der Waals surface area contributed by atoms with Gasteiger partial charge in [0.25, 0.3) is 0 Å². The van der Waals surface area contributed by atoms with Gasteiger partial charge in [0.2, 0.25) is 11.9 Å². The van der Waals surface area contributed by atoms with Crippen molar-refractivity contribution in [2.24, 2.45) is 4.99 Å². The summed E-state index contributed by atoms with van der Waals surface area (Å²) in [4.78, 5) is 10.6. The molecule has 1 aromatic heterocycles. The second-order valence-corrected chi connectivity index (χ2v) is 7.22. The van der Waals surface area contributed by atoms with E-state index in [0.29, 0.717) is 0 Å². The van der Waals surface area contributed by atoms with Gasteiger partial charge in [-0.2, -0.15) is 0 Å². The molecular formula is C20H16N2O3S. The summed E-state index contributed by atoms with van der Waals surface area (Å²) in [6.07, 6.45) is 3.82. The first-order valence-corrected chi connectivity index (χ1v) is 9.22. The monoisotopic (exact) mass is 364 g/mol. The van der Waals surface area contributed by atoms with Crippen LogP contribution >= 0.6 is 11.3 Å². The van der Waals surface area contributed by atoms with Crippen LogP contribution in [0.5, 0.6) is 17.2 Å². The molecule has 0 radical (unpaired) electrons.